The van der Waals surface area contributed by atoms with Gasteiger partial charge < -0.3 is 19.8 Å². The van der Waals surface area contributed by atoms with Crippen molar-refractivity contribution in [2.45, 2.75) is 56.5 Å². The predicted octanol–water partition coefficient (Wildman–Crippen LogP) is 4.01. The second kappa shape index (κ2) is 7.30. The fraction of sp³-hybridized carbons (Fsp3) is 0.400. The molecule has 2 aromatic carbocycles. The molecule has 0 saturated heterocycles. The lowest BCUT2D eigenvalue weighted by Crippen LogP contribution is -2.49. The topological polar surface area (TPSA) is 93.5 Å². The van der Waals surface area contributed by atoms with Gasteiger partial charge in [0.25, 0.3) is 0 Å². The van der Waals surface area contributed by atoms with E-state index in [0.29, 0.717) is 61.5 Å². The molecule has 170 valence electrons. The number of nitrogens with zero attached hydrogens (tertiary/aromatic N) is 1. The van der Waals surface area contributed by atoms with Gasteiger partial charge in [-0.15, -0.1) is 0 Å². The van der Waals surface area contributed by atoms with Gasteiger partial charge in [0.2, 0.25) is 5.89 Å². The summed E-state index contributed by atoms with van der Waals surface area (Å²) in [6.07, 6.45) is 2.92. The van der Waals surface area contributed by atoms with E-state index in [1.807, 2.05) is 25.1 Å². The number of hydrogen-bond acceptors (Lipinski definition) is 5. The molecule has 2 amide bonds. The van der Waals surface area contributed by atoms with Crippen LogP contribution in [-0.2, 0) is 16.8 Å². The summed E-state index contributed by atoms with van der Waals surface area (Å²) in [7, 11) is 0. The Bertz CT molecular complexity index is 1300. The van der Waals surface area contributed by atoms with E-state index in [2.05, 4.69) is 15.6 Å². The van der Waals surface area contributed by atoms with Gasteiger partial charge in [0.05, 0.1) is 12.6 Å². The number of urea groups is 1. The lowest BCUT2D eigenvalue weighted by molar-refractivity contribution is -0.119. The summed E-state index contributed by atoms with van der Waals surface area (Å²) < 4.78 is 26.2. The van der Waals surface area contributed by atoms with Crippen LogP contribution in [0.2, 0.25) is 0 Å². The van der Waals surface area contributed by atoms with Crippen molar-refractivity contribution in [1.82, 2.24) is 15.6 Å². The third kappa shape index (κ3) is 3.35. The molecule has 1 aliphatic heterocycles. The Morgan fingerprint density at radius 1 is 1.24 bits per heavy atom. The first-order chi connectivity index (χ1) is 15.9. The van der Waals surface area contributed by atoms with Gasteiger partial charge in [-0.25, -0.2) is 14.2 Å². The van der Waals surface area contributed by atoms with Gasteiger partial charge in [0.1, 0.15) is 22.6 Å². The number of oxazole rings is 1. The lowest BCUT2D eigenvalue weighted by Gasteiger charge is -2.23. The van der Waals surface area contributed by atoms with Crippen LogP contribution >= 0.6 is 0 Å². The number of carbonyl (C=O) groups excluding carboxylic acids is 2. The number of fused-ring (bicyclic) bond motifs is 2. The summed E-state index contributed by atoms with van der Waals surface area (Å²) >= 11 is 0. The maximum absolute atomic E-state index is 14.8. The predicted molar refractivity (Wildman–Crippen MR) is 118 cm³/mol. The van der Waals surface area contributed by atoms with E-state index in [1.54, 1.807) is 6.07 Å². The van der Waals surface area contributed by atoms with Gasteiger partial charge >= 0.3 is 6.03 Å². The number of aromatic nitrogens is 1. The Balaban J connectivity index is 1.21. The number of aryl methyl sites for hydroxylation is 1. The Labute approximate surface area is 189 Å². The van der Waals surface area contributed by atoms with Crippen LogP contribution in [0.3, 0.4) is 0 Å². The third-order valence-corrected chi connectivity index (χ3v) is 7.08. The van der Waals surface area contributed by atoms with Crippen molar-refractivity contribution in [3.8, 4) is 5.75 Å². The summed E-state index contributed by atoms with van der Waals surface area (Å²) in [5, 5.41) is 5.78. The van der Waals surface area contributed by atoms with E-state index in [1.165, 1.54) is 6.07 Å². The minimum absolute atomic E-state index is 0.0892. The number of hydrogen-bond donors (Lipinski definition) is 2. The number of para-hydroxylation sites is 1. The first-order valence-corrected chi connectivity index (χ1v) is 11.4. The molecule has 0 spiro atoms. The van der Waals surface area contributed by atoms with Gasteiger partial charge in [-0.2, -0.15) is 0 Å². The number of benzene rings is 2. The monoisotopic (exact) mass is 449 g/mol. The Kier molecular flexibility index (Phi) is 4.47. The lowest BCUT2D eigenvalue weighted by atomic mass is 9.91. The van der Waals surface area contributed by atoms with Crippen molar-refractivity contribution in [2.75, 3.05) is 6.61 Å². The first-order valence-electron chi connectivity index (χ1n) is 11.4. The average Bonchev–Trinajstić information content (AvgIpc) is 3.12. The SMILES string of the molecule is Cc1cccc2oc(C3(NC(=O)N[C@@H]4C(=O)CC[C@H]4c4cc5c(cc4F)OCC5)CC3)nc12. The van der Waals surface area contributed by atoms with Crippen LogP contribution in [0.25, 0.3) is 11.1 Å². The smallest absolute Gasteiger partial charge is 0.316 e. The molecule has 2 fully saturated rings. The molecule has 2 heterocycles. The van der Waals surface area contributed by atoms with Gasteiger partial charge in [-0.3, -0.25) is 4.79 Å². The number of carbonyl (C=O) groups is 2. The van der Waals surface area contributed by atoms with E-state index in [4.69, 9.17) is 9.15 Å². The minimum Gasteiger partial charge on any atom is -0.493 e. The molecule has 3 aromatic rings. The highest BCUT2D eigenvalue weighted by Gasteiger charge is 2.51. The Morgan fingerprint density at radius 3 is 2.88 bits per heavy atom. The number of Topliss-reactive ketones (excluding diaryl/α,β-unsaturated/α-hetero) is 1. The highest BCUT2D eigenvalue weighted by Crippen LogP contribution is 2.46. The molecule has 0 radical (unpaired) electrons. The zero-order chi connectivity index (χ0) is 22.7. The van der Waals surface area contributed by atoms with Gasteiger partial charge in [0, 0.05) is 24.8 Å². The molecule has 0 bridgehead atoms. The summed E-state index contributed by atoms with van der Waals surface area (Å²) in [6, 6.07) is 7.66. The van der Waals surface area contributed by atoms with Crippen molar-refractivity contribution in [3.05, 3.63) is 58.7 Å². The molecule has 2 atom stereocenters. The van der Waals surface area contributed by atoms with Crippen LogP contribution in [0.4, 0.5) is 9.18 Å². The van der Waals surface area contributed by atoms with E-state index in [-0.39, 0.29) is 5.78 Å². The number of ether oxygens (including phenoxy) is 1. The number of rotatable bonds is 4. The quantitative estimate of drug-likeness (QED) is 0.628. The van der Waals surface area contributed by atoms with Crippen LogP contribution in [0.5, 0.6) is 5.75 Å². The largest absolute Gasteiger partial charge is 0.493 e. The molecule has 8 heteroatoms. The molecule has 2 saturated carbocycles. The van der Waals surface area contributed by atoms with Gasteiger partial charge in [-0.05, 0) is 55.0 Å². The highest BCUT2D eigenvalue weighted by atomic mass is 19.1. The molecular weight excluding hydrogens is 425 g/mol. The molecule has 0 unspecified atom stereocenters. The molecule has 6 rings (SSSR count). The zero-order valence-corrected chi connectivity index (χ0v) is 18.2. The molecule has 2 aliphatic carbocycles. The molecule has 7 nitrogen and oxygen atoms in total. The van der Waals surface area contributed by atoms with Crippen molar-refractivity contribution >= 4 is 22.9 Å². The van der Waals surface area contributed by atoms with Gasteiger partial charge in [0.15, 0.2) is 11.4 Å². The molecule has 33 heavy (non-hydrogen) atoms. The maximum atomic E-state index is 14.8. The molecule has 1 aromatic heterocycles. The summed E-state index contributed by atoms with van der Waals surface area (Å²) in [5.74, 6) is 0.140. The van der Waals surface area contributed by atoms with Crippen LogP contribution < -0.4 is 15.4 Å². The van der Waals surface area contributed by atoms with Crippen molar-refractivity contribution < 1.29 is 23.1 Å². The van der Waals surface area contributed by atoms with Crippen molar-refractivity contribution in [1.29, 1.82) is 0 Å². The second-order valence-electron chi connectivity index (χ2n) is 9.29. The number of nitrogens with one attached hydrogen (secondary N) is 2. The fourth-order valence-corrected chi connectivity index (χ4v) is 5.07. The zero-order valence-electron chi connectivity index (χ0n) is 18.2. The first kappa shape index (κ1) is 20.2. The Morgan fingerprint density at radius 2 is 2.09 bits per heavy atom. The van der Waals surface area contributed by atoms with E-state index < -0.39 is 29.3 Å². The van der Waals surface area contributed by atoms with Crippen molar-refractivity contribution in [2.24, 2.45) is 0 Å². The van der Waals surface area contributed by atoms with E-state index in [0.717, 1.165) is 16.6 Å². The highest BCUT2D eigenvalue weighted by molar-refractivity contribution is 5.92. The summed E-state index contributed by atoms with van der Waals surface area (Å²) in [6.45, 7) is 2.49. The minimum atomic E-state index is -0.776. The number of ketones is 1. The third-order valence-electron chi connectivity index (χ3n) is 7.08. The molecule has 2 N–H and O–H groups in total. The van der Waals surface area contributed by atoms with E-state index in [9.17, 15) is 14.0 Å². The number of amides is 2. The second-order valence-corrected chi connectivity index (χ2v) is 9.29. The van der Waals surface area contributed by atoms with Crippen LogP contribution in [0.15, 0.2) is 34.7 Å². The maximum Gasteiger partial charge on any atom is 0.316 e. The van der Waals surface area contributed by atoms with Crippen LogP contribution in [0.1, 0.15) is 54.2 Å². The van der Waals surface area contributed by atoms with E-state index >= 15 is 0 Å². The molecular formula is C25H24FN3O4. The van der Waals surface area contributed by atoms with Crippen LogP contribution in [-0.4, -0.2) is 29.4 Å². The summed E-state index contributed by atoms with van der Waals surface area (Å²) in [4.78, 5) is 30.2. The van der Waals surface area contributed by atoms with Crippen molar-refractivity contribution in [3.63, 3.8) is 0 Å². The van der Waals surface area contributed by atoms with Gasteiger partial charge in [-0.1, -0.05) is 12.1 Å². The summed E-state index contributed by atoms with van der Waals surface area (Å²) in [5.41, 5.74) is 3.19. The van der Waals surface area contributed by atoms with Crippen LogP contribution in [0, 0.1) is 12.7 Å². The fourth-order valence-electron chi connectivity index (χ4n) is 5.07. The number of halogens is 1. The normalized spacial score (nSPS) is 22.8. The standard InChI is InChI=1S/C25H24FN3O4/c1-13-3-2-4-19-21(13)27-23(33-19)25(8-9-25)29-24(31)28-22-15(5-6-18(22)30)16-11-14-7-10-32-20(14)12-17(16)26/h2-4,11-12,15,22H,5-10H2,1H3,(H2,28,29,31)/t15-,22-/m0/s1. The molecule has 3 aliphatic rings. The average molecular weight is 449 g/mol. The Hall–Kier alpha value is -3.42.